The highest BCUT2D eigenvalue weighted by Gasteiger charge is 2.33. The van der Waals surface area contributed by atoms with Crippen LogP contribution >= 0.6 is 0 Å². The van der Waals surface area contributed by atoms with Gasteiger partial charge in [-0.25, -0.2) is 8.78 Å². The summed E-state index contributed by atoms with van der Waals surface area (Å²) in [4.78, 5) is 11.6. The second kappa shape index (κ2) is 6.75. The summed E-state index contributed by atoms with van der Waals surface area (Å²) >= 11 is 0. The zero-order valence-electron chi connectivity index (χ0n) is 9.34. The lowest BCUT2D eigenvalue weighted by atomic mass is 10.0. The second-order valence-electron chi connectivity index (χ2n) is 3.84. The molecule has 1 aliphatic rings. The molecule has 0 spiro atoms. The third kappa shape index (κ3) is 4.02. The Morgan fingerprint density at radius 3 is 2.88 bits per heavy atom. The van der Waals surface area contributed by atoms with Crippen LogP contribution in [0.2, 0.25) is 0 Å². The number of carbonyl (C=O) groups is 1. The van der Waals surface area contributed by atoms with Crippen molar-refractivity contribution in [2.45, 2.75) is 25.8 Å². The molecule has 16 heavy (non-hydrogen) atoms. The van der Waals surface area contributed by atoms with Gasteiger partial charge in [-0.2, -0.15) is 0 Å². The van der Waals surface area contributed by atoms with E-state index in [-0.39, 0.29) is 17.9 Å². The maximum atomic E-state index is 11.9. The quantitative estimate of drug-likeness (QED) is 0.701. The van der Waals surface area contributed by atoms with Gasteiger partial charge < -0.3 is 15.4 Å². The number of hydrogen-bond donors (Lipinski definition) is 2. The summed E-state index contributed by atoms with van der Waals surface area (Å²) in [5, 5.41) is 5.40. The molecule has 1 aliphatic heterocycles. The van der Waals surface area contributed by atoms with Crippen molar-refractivity contribution in [1.82, 2.24) is 10.6 Å². The zero-order chi connectivity index (χ0) is 12.0. The Labute approximate surface area is 93.7 Å². The van der Waals surface area contributed by atoms with Crippen molar-refractivity contribution in [3.63, 3.8) is 0 Å². The van der Waals surface area contributed by atoms with Gasteiger partial charge in [-0.15, -0.1) is 0 Å². The average molecular weight is 236 g/mol. The van der Waals surface area contributed by atoms with E-state index in [0.29, 0.717) is 13.2 Å². The molecule has 2 atom stereocenters. The van der Waals surface area contributed by atoms with Gasteiger partial charge in [0.05, 0.1) is 25.7 Å². The first-order valence-corrected chi connectivity index (χ1v) is 5.52. The van der Waals surface area contributed by atoms with Crippen LogP contribution in [0.25, 0.3) is 0 Å². The third-order valence-electron chi connectivity index (χ3n) is 2.50. The van der Waals surface area contributed by atoms with Gasteiger partial charge in [0.25, 0.3) is 6.43 Å². The number of ether oxygens (including phenoxy) is 1. The first kappa shape index (κ1) is 13.3. The molecule has 1 amide bonds. The van der Waals surface area contributed by atoms with E-state index in [4.69, 9.17) is 4.74 Å². The molecule has 1 rings (SSSR count). The Balaban J connectivity index is 2.35. The van der Waals surface area contributed by atoms with Gasteiger partial charge in [-0.1, -0.05) is 6.92 Å². The highest BCUT2D eigenvalue weighted by molar-refractivity contribution is 5.79. The van der Waals surface area contributed by atoms with Crippen LogP contribution in [-0.4, -0.2) is 44.7 Å². The minimum atomic E-state index is -2.51. The van der Waals surface area contributed by atoms with Crippen LogP contribution in [0.15, 0.2) is 0 Å². The maximum absolute atomic E-state index is 11.9. The first-order chi connectivity index (χ1) is 7.65. The summed E-state index contributed by atoms with van der Waals surface area (Å²) in [7, 11) is 0. The molecule has 0 aromatic heterocycles. The molecule has 94 valence electrons. The van der Waals surface area contributed by atoms with E-state index in [0.717, 1.165) is 13.0 Å². The van der Waals surface area contributed by atoms with Crippen molar-refractivity contribution < 1.29 is 18.3 Å². The molecular weight excluding hydrogens is 218 g/mol. The van der Waals surface area contributed by atoms with Crippen LogP contribution in [-0.2, 0) is 9.53 Å². The van der Waals surface area contributed by atoms with Crippen LogP contribution in [0.5, 0.6) is 0 Å². The Morgan fingerprint density at radius 2 is 2.25 bits per heavy atom. The van der Waals surface area contributed by atoms with Crippen LogP contribution < -0.4 is 10.6 Å². The largest absolute Gasteiger partial charge is 0.379 e. The van der Waals surface area contributed by atoms with Crippen LogP contribution in [0.3, 0.4) is 0 Å². The third-order valence-corrected chi connectivity index (χ3v) is 2.50. The van der Waals surface area contributed by atoms with E-state index >= 15 is 0 Å². The van der Waals surface area contributed by atoms with Crippen molar-refractivity contribution in [2.75, 3.05) is 26.3 Å². The molecule has 1 heterocycles. The summed E-state index contributed by atoms with van der Waals surface area (Å²) in [6.07, 6.45) is -1.55. The van der Waals surface area contributed by atoms with Gasteiger partial charge in [0, 0.05) is 6.04 Å². The number of amides is 1. The van der Waals surface area contributed by atoms with Crippen LogP contribution in [0.1, 0.15) is 13.3 Å². The highest BCUT2D eigenvalue weighted by Crippen LogP contribution is 2.13. The molecule has 2 unspecified atom stereocenters. The predicted octanol–water partition coefficient (Wildman–Crippen LogP) is 0.382. The van der Waals surface area contributed by atoms with Crippen molar-refractivity contribution in [3.8, 4) is 0 Å². The number of hydrogen-bond acceptors (Lipinski definition) is 3. The Kier molecular flexibility index (Phi) is 5.62. The molecule has 0 saturated carbocycles. The number of carbonyl (C=O) groups excluding carboxylic acids is 1. The van der Waals surface area contributed by atoms with Crippen molar-refractivity contribution >= 4 is 5.91 Å². The lowest BCUT2D eigenvalue weighted by Crippen LogP contribution is -2.45. The van der Waals surface area contributed by atoms with Gasteiger partial charge in [-0.05, 0) is 13.0 Å². The van der Waals surface area contributed by atoms with Crippen LogP contribution in [0, 0.1) is 5.92 Å². The zero-order valence-corrected chi connectivity index (χ0v) is 9.34. The van der Waals surface area contributed by atoms with E-state index in [2.05, 4.69) is 10.6 Å². The van der Waals surface area contributed by atoms with E-state index in [1.54, 1.807) is 0 Å². The SMILES string of the molecule is CCCNC1COCC1C(=O)NCC(F)F. The van der Waals surface area contributed by atoms with Crippen molar-refractivity contribution in [2.24, 2.45) is 5.92 Å². The summed E-state index contributed by atoms with van der Waals surface area (Å²) in [5.41, 5.74) is 0. The van der Waals surface area contributed by atoms with Gasteiger partial charge in [0.2, 0.25) is 5.91 Å². The lowest BCUT2D eigenvalue weighted by molar-refractivity contribution is -0.126. The number of halogens is 2. The summed E-state index contributed by atoms with van der Waals surface area (Å²) in [6, 6.07) is -0.0578. The molecule has 0 bridgehead atoms. The van der Waals surface area contributed by atoms with E-state index in [1.807, 2.05) is 6.92 Å². The molecule has 2 N–H and O–H groups in total. The summed E-state index contributed by atoms with van der Waals surface area (Å²) in [5.74, 6) is -0.711. The first-order valence-electron chi connectivity index (χ1n) is 5.52. The van der Waals surface area contributed by atoms with Gasteiger partial charge in [0.1, 0.15) is 0 Å². The standard InChI is InChI=1S/C10H18F2N2O2/c1-2-3-13-8-6-16-5-7(8)10(15)14-4-9(11)12/h7-9,13H,2-6H2,1H3,(H,14,15). The van der Waals surface area contributed by atoms with Crippen LogP contribution in [0.4, 0.5) is 8.78 Å². The fourth-order valence-corrected chi connectivity index (χ4v) is 1.65. The molecule has 0 radical (unpaired) electrons. The predicted molar refractivity (Wildman–Crippen MR) is 55.4 cm³/mol. The summed E-state index contributed by atoms with van der Waals surface area (Å²) < 4.78 is 29.0. The monoisotopic (exact) mass is 236 g/mol. The van der Waals surface area contributed by atoms with Crippen molar-refractivity contribution in [1.29, 1.82) is 0 Å². The number of nitrogens with one attached hydrogen (secondary N) is 2. The van der Waals surface area contributed by atoms with E-state index in [1.165, 1.54) is 0 Å². The number of rotatable bonds is 6. The van der Waals surface area contributed by atoms with Gasteiger partial charge >= 0.3 is 0 Å². The lowest BCUT2D eigenvalue weighted by Gasteiger charge is -2.18. The number of alkyl halides is 2. The fraction of sp³-hybridized carbons (Fsp3) is 0.900. The smallest absolute Gasteiger partial charge is 0.255 e. The Bertz CT molecular complexity index is 227. The second-order valence-corrected chi connectivity index (χ2v) is 3.84. The van der Waals surface area contributed by atoms with E-state index < -0.39 is 13.0 Å². The minimum absolute atomic E-state index is 0.0578. The molecule has 1 saturated heterocycles. The van der Waals surface area contributed by atoms with Gasteiger partial charge in [-0.3, -0.25) is 4.79 Å². The Hall–Kier alpha value is -0.750. The Morgan fingerprint density at radius 1 is 1.50 bits per heavy atom. The molecular formula is C10H18F2N2O2. The molecule has 1 fully saturated rings. The summed E-state index contributed by atoms with van der Waals surface area (Å²) in [6.45, 7) is 3.00. The normalized spacial score (nSPS) is 25.0. The molecule has 4 nitrogen and oxygen atoms in total. The fourth-order valence-electron chi connectivity index (χ4n) is 1.65. The molecule has 0 aliphatic carbocycles. The topological polar surface area (TPSA) is 50.4 Å². The maximum Gasteiger partial charge on any atom is 0.255 e. The minimum Gasteiger partial charge on any atom is -0.379 e. The average Bonchev–Trinajstić information content (AvgIpc) is 2.71. The van der Waals surface area contributed by atoms with Crippen molar-refractivity contribution in [3.05, 3.63) is 0 Å². The van der Waals surface area contributed by atoms with Gasteiger partial charge in [0.15, 0.2) is 0 Å². The molecule has 0 aromatic rings. The molecule has 0 aromatic carbocycles. The molecule has 6 heteroatoms. The van der Waals surface area contributed by atoms with E-state index in [9.17, 15) is 13.6 Å². The highest BCUT2D eigenvalue weighted by atomic mass is 19.3.